The highest BCUT2D eigenvalue weighted by atomic mass is 35.5. The molecule has 2 N–H and O–H groups in total. The average Bonchev–Trinajstić information content (AvgIpc) is 3.22. The molecule has 1 saturated carbocycles. The molecule has 2 aromatic rings. The number of hydrogen-bond donors (Lipinski definition) is 2. The molecule has 7 nitrogen and oxygen atoms in total. The second-order valence-electron chi connectivity index (χ2n) is 8.19. The number of rotatable bonds is 5. The van der Waals surface area contributed by atoms with E-state index in [9.17, 15) is 14.4 Å². The Balaban J connectivity index is 1.40. The van der Waals surface area contributed by atoms with Gasteiger partial charge in [0.1, 0.15) is 5.82 Å². The highest BCUT2D eigenvalue weighted by molar-refractivity contribution is 6.31. The van der Waals surface area contributed by atoms with Crippen LogP contribution in [-0.2, 0) is 9.59 Å². The number of nitrogens with zero attached hydrogens (tertiary/aromatic N) is 2. The standard InChI is InChI=1S/C23H24Cl2N4O3/c24-15-5-9-19(18(12-15)23(32)28-20-10-6-16(25)13-26-20)27-22(31)14-3-7-17(8-4-14)29-11-1-2-21(29)30/h5-6,9-10,12-14,17H,1-4,7-8,11H2,(H,27,31)(H,26,28,32)/t14-,17-. The Hall–Kier alpha value is -2.64. The third-order valence-electron chi connectivity index (χ3n) is 6.07. The minimum Gasteiger partial charge on any atom is -0.340 e. The average molecular weight is 475 g/mol. The van der Waals surface area contributed by atoms with Crippen molar-refractivity contribution < 1.29 is 14.4 Å². The maximum absolute atomic E-state index is 12.9. The number of nitrogens with one attached hydrogen (secondary N) is 2. The summed E-state index contributed by atoms with van der Waals surface area (Å²) in [7, 11) is 0. The van der Waals surface area contributed by atoms with Gasteiger partial charge in [0.25, 0.3) is 5.91 Å². The van der Waals surface area contributed by atoms with Gasteiger partial charge in [-0.2, -0.15) is 0 Å². The predicted octanol–water partition coefficient (Wildman–Crippen LogP) is 4.76. The summed E-state index contributed by atoms with van der Waals surface area (Å²) in [6, 6.07) is 8.21. The highest BCUT2D eigenvalue weighted by Crippen LogP contribution is 2.31. The smallest absolute Gasteiger partial charge is 0.258 e. The summed E-state index contributed by atoms with van der Waals surface area (Å²) in [6.07, 6.45) is 6.05. The van der Waals surface area contributed by atoms with Crippen LogP contribution < -0.4 is 10.6 Å². The summed E-state index contributed by atoms with van der Waals surface area (Å²) < 4.78 is 0. The van der Waals surface area contributed by atoms with Crippen LogP contribution in [0.25, 0.3) is 0 Å². The van der Waals surface area contributed by atoms with E-state index in [0.717, 1.165) is 25.8 Å². The SMILES string of the molecule is O=C(Nc1ccc(Cl)cn1)c1cc(Cl)ccc1NC(=O)[C@H]1CC[C@H](N2CCCC2=O)CC1. The molecule has 32 heavy (non-hydrogen) atoms. The van der Waals surface area contributed by atoms with Crippen LogP contribution in [0.3, 0.4) is 0 Å². The number of carbonyl (C=O) groups excluding carboxylic acids is 3. The van der Waals surface area contributed by atoms with Crippen LogP contribution in [0.15, 0.2) is 36.5 Å². The van der Waals surface area contributed by atoms with Gasteiger partial charge in [-0.25, -0.2) is 4.98 Å². The van der Waals surface area contributed by atoms with Crippen molar-refractivity contribution in [2.24, 2.45) is 5.92 Å². The molecule has 2 heterocycles. The Morgan fingerprint density at radius 2 is 1.75 bits per heavy atom. The Morgan fingerprint density at radius 1 is 1.00 bits per heavy atom. The zero-order chi connectivity index (χ0) is 22.7. The van der Waals surface area contributed by atoms with E-state index in [-0.39, 0.29) is 29.3 Å². The molecule has 0 bridgehead atoms. The first kappa shape index (κ1) is 22.6. The van der Waals surface area contributed by atoms with Crippen molar-refractivity contribution in [3.05, 3.63) is 52.1 Å². The first-order valence-electron chi connectivity index (χ1n) is 10.7. The summed E-state index contributed by atoms with van der Waals surface area (Å²) in [5.74, 6) is -0.157. The highest BCUT2D eigenvalue weighted by Gasteiger charge is 2.33. The third kappa shape index (κ3) is 5.22. The van der Waals surface area contributed by atoms with Crippen LogP contribution in [0.1, 0.15) is 48.9 Å². The van der Waals surface area contributed by atoms with Crippen molar-refractivity contribution in [3.8, 4) is 0 Å². The van der Waals surface area contributed by atoms with Crippen LogP contribution in [0.4, 0.5) is 11.5 Å². The summed E-state index contributed by atoms with van der Waals surface area (Å²) in [6.45, 7) is 0.825. The third-order valence-corrected chi connectivity index (χ3v) is 6.53. The molecule has 0 radical (unpaired) electrons. The summed E-state index contributed by atoms with van der Waals surface area (Å²) in [4.78, 5) is 43.8. The van der Waals surface area contributed by atoms with Gasteiger partial charge in [-0.15, -0.1) is 0 Å². The fraction of sp³-hybridized carbons (Fsp3) is 0.391. The van der Waals surface area contributed by atoms with E-state index in [2.05, 4.69) is 15.6 Å². The number of halogens is 2. The van der Waals surface area contributed by atoms with Gasteiger partial charge in [0, 0.05) is 36.1 Å². The summed E-state index contributed by atoms with van der Waals surface area (Å²) in [5.41, 5.74) is 0.640. The molecule has 2 aliphatic rings. The molecule has 1 aliphatic carbocycles. The minimum atomic E-state index is -0.436. The predicted molar refractivity (Wildman–Crippen MR) is 124 cm³/mol. The Labute approximate surface area is 196 Å². The lowest BCUT2D eigenvalue weighted by atomic mass is 9.84. The van der Waals surface area contributed by atoms with Gasteiger partial charge in [-0.1, -0.05) is 23.2 Å². The molecule has 0 atom stereocenters. The van der Waals surface area contributed by atoms with Crippen LogP contribution in [0.5, 0.6) is 0 Å². The molecule has 4 rings (SSSR count). The topological polar surface area (TPSA) is 91.4 Å². The van der Waals surface area contributed by atoms with Gasteiger partial charge in [0.2, 0.25) is 11.8 Å². The van der Waals surface area contributed by atoms with Gasteiger partial charge in [-0.05, 0) is 62.4 Å². The van der Waals surface area contributed by atoms with Gasteiger partial charge < -0.3 is 15.5 Å². The first-order chi connectivity index (χ1) is 15.4. The number of aromatic nitrogens is 1. The minimum absolute atomic E-state index is 0.128. The van der Waals surface area contributed by atoms with E-state index in [0.29, 0.717) is 40.8 Å². The summed E-state index contributed by atoms with van der Waals surface area (Å²) >= 11 is 11.9. The molecular formula is C23H24Cl2N4O3. The van der Waals surface area contributed by atoms with Gasteiger partial charge in [0.15, 0.2) is 0 Å². The van der Waals surface area contributed by atoms with Crippen LogP contribution in [0, 0.1) is 5.92 Å². The van der Waals surface area contributed by atoms with E-state index in [1.165, 1.54) is 12.3 Å². The molecule has 1 saturated heterocycles. The molecule has 168 valence electrons. The number of amides is 3. The molecule has 3 amide bonds. The van der Waals surface area contributed by atoms with Crippen molar-refractivity contribution >= 4 is 52.4 Å². The lowest BCUT2D eigenvalue weighted by Gasteiger charge is -2.34. The molecule has 1 aromatic heterocycles. The Kier molecular flexibility index (Phi) is 6.96. The molecule has 0 unspecified atom stereocenters. The number of anilines is 2. The monoisotopic (exact) mass is 474 g/mol. The number of carbonyl (C=O) groups is 3. The molecular weight excluding hydrogens is 451 g/mol. The van der Waals surface area contributed by atoms with Crippen molar-refractivity contribution in [2.75, 3.05) is 17.2 Å². The number of hydrogen-bond acceptors (Lipinski definition) is 4. The van der Waals surface area contributed by atoms with Crippen LogP contribution in [0.2, 0.25) is 10.0 Å². The van der Waals surface area contributed by atoms with E-state index in [1.807, 2.05) is 4.90 Å². The van der Waals surface area contributed by atoms with E-state index in [1.54, 1.807) is 24.3 Å². The fourth-order valence-corrected chi connectivity index (χ4v) is 4.67. The zero-order valence-corrected chi connectivity index (χ0v) is 19.0. The molecule has 1 aliphatic heterocycles. The number of likely N-dealkylation sites (tertiary alicyclic amines) is 1. The van der Waals surface area contributed by atoms with Crippen molar-refractivity contribution in [2.45, 2.75) is 44.6 Å². The second-order valence-corrected chi connectivity index (χ2v) is 9.06. The Bertz CT molecular complexity index is 1020. The maximum atomic E-state index is 12.9. The lowest BCUT2D eigenvalue weighted by molar-refractivity contribution is -0.130. The number of pyridine rings is 1. The van der Waals surface area contributed by atoms with Crippen molar-refractivity contribution in [1.29, 1.82) is 0 Å². The molecule has 9 heteroatoms. The van der Waals surface area contributed by atoms with E-state index >= 15 is 0 Å². The van der Waals surface area contributed by atoms with Gasteiger partial charge in [-0.3, -0.25) is 14.4 Å². The van der Waals surface area contributed by atoms with Gasteiger partial charge >= 0.3 is 0 Å². The number of benzene rings is 1. The van der Waals surface area contributed by atoms with Crippen LogP contribution in [-0.4, -0.2) is 40.2 Å². The largest absolute Gasteiger partial charge is 0.340 e. The van der Waals surface area contributed by atoms with Gasteiger partial charge in [0.05, 0.1) is 16.3 Å². The quantitative estimate of drug-likeness (QED) is 0.653. The fourth-order valence-electron chi connectivity index (χ4n) is 4.39. The zero-order valence-electron chi connectivity index (χ0n) is 17.4. The maximum Gasteiger partial charge on any atom is 0.258 e. The van der Waals surface area contributed by atoms with E-state index in [4.69, 9.17) is 23.2 Å². The van der Waals surface area contributed by atoms with Crippen molar-refractivity contribution in [3.63, 3.8) is 0 Å². The van der Waals surface area contributed by atoms with Crippen LogP contribution >= 0.6 is 23.2 Å². The lowest BCUT2D eigenvalue weighted by Crippen LogP contribution is -2.40. The van der Waals surface area contributed by atoms with Crippen molar-refractivity contribution in [1.82, 2.24) is 9.88 Å². The molecule has 0 spiro atoms. The molecule has 2 fully saturated rings. The second kappa shape index (κ2) is 9.88. The van der Waals surface area contributed by atoms with E-state index < -0.39 is 5.91 Å². The molecule has 1 aromatic carbocycles. The summed E-state index contributed by atoms with van der Waals surface area (Å²) in [5, 5.41) is 6.43. The first-order valence-corrected chi connectivity index (χ1v) is 11.5. The normalized spacial score (nSPS) is 20.8. The Morgan fingerprint density at radius 3 is 2.41 bits per heavy atom.